The number of aromatic hydroxyl groups is 1. The van der Waals surface area contributed by atoms with Crippen molar-refractivity contribution < 1.29 is 29.7 Å². The number of phenolic OH excluding ortho intramolecular Hbond substituents is 1. The number of amides is 1. The van der Waals surface area contributed by atoms with E-state index in [9.17, 15) is 29.7 Å². The van der Waals surface area contributed by atoms with Crippen LogP contribution in [-0.4, -0.2) is 32.8 Å². The maximum absolute atomic E-state index is 13.0. The Labute approximate surface area is 167 Å². The molecule has 140 valence electrons. The van der Waals surface area contributed by atoms with Gasteiger partial charge < -0.3 is 21.1 Å². The van der Waals surface area contributed by atoms with Crippen LogP contribution >= 0.6 is 22.6 Å². The number of primary amides is 1. The fraction of sp³-hybridized carbons (Fsp3) is 0.316. The Bertz CT molecular complexity index is 992. The number of benzene rings is 1. The van der Waals surface area contributed by atoms with Crippen LogP contribution in [0.15, 0.2) is 34.8 Å². The number of phenols is 1. The van der Waals surface area contributed by atoms with E-state index >= 15 is 0 Å². The van der Waals surface area contributed by atoms with Crippen LogP contribution in [0.2, 0.25) is 0 Å². The molecule has 3 unspecified atom stereocenters. The Balaban J connectivity index is 1.86. The van der Waals surface area contributed by atoms with Crippen molar-refractivity contribution in [2.45, 2.75) is 19.3 Å². The molecule has 1 aromatic rings. The Hall–Kier alpha value is -2.36. The van der Waals surface area contributed by atoms with Gasteiger partial charge in [-0.3, -0.25) is 14.4 Å². The molecule has 0 saturated heterocycles. The summed E-state index contributed by atoms with van der Waals surface area (Å²) < 4.78 is 0.841. The van der Waals surface area contributed by atoms with E-state index in [1.807, 2.05) is 0 Å². The van der Waals surface area contributed by atoms with E-state index in [2.05, 4.69) is 22.6 Å². The molecule has 0 saturated carbocycles. The number of carbonyl (C=O) groups is 3. The van der Waals surface area contributed by atoms with E-state index in [0.29, 0.717) is 12.8 Å². The number of aliphatic hydroxyl groups is 2. The van der Waals surface area contributed by atoms with Crippen LogP contribution in [0.3, 0.4) is 0 Å². The summed E-state index contributed by atoms with van der Waals surface area (Å²) in [5.41, 5.74) is 5.67. The molecule has 0 spiro atoms. The molecule has 3 atom stereocenters. The highest BCUT2D eigenvalue weighted by molar-refractivity contribution is 14.1. The summed E-state index contributed by atoms with van der Waals surface area (Å²) in [5.74, 6) is -5.03. The number of hydrogen-bond donors (Lipinski definition) is 4. The lowest BCUT2D eigenvalue weighted by molar-refractivity contribution is -0.126. The van der Waals surface area contributed by atoms with Crippen LogP contribution in [0.5, 0.6) is 5.75 Å². The molecule has 3 aliphatic rings. The Morgan fingerprint density at radius 2 is 1.85 bits per heavy atom. The molecule has 7 nitrogen and oxygen atoms in total. The zero-order chi connectivity index (χ0) is 19.6. The summed E-state index contributed by atoms with van der Waals surface area (Å²) >= 11 is 2.10. The van der Waals surface area contributed by atoms with Gasteiger partial charge in [-0.1, -0.05) is 0 Å². The average Bonchev–Trinajstić information content (AvgIpc) is 2.57. The highest BCUT2D eigenvalue weighted by atomic mass is 127. The van der Waals surface area contributed by atoms with Crippen LogP contribution in [0.25, 0.3) is 0 Å². The van der Waals surface area contributed by atoms with Crippen LogP contribution in [0.1, 0.15) is 28.8 Å². The normalized spacial score (nSPS) is 27.2. The minimum atomic E-state index is -1.08. The number of nitrogens with two attached hydrogens (primary N) is 1. The van der Waals surface area contributed by atoms with Crippen LogP contribution < -0.4 is 5.73 Å². The average molecular weight is 481 g/mol. The zero-order valence-corrected chi connectivity index (χ0v) is 16.2. The molecule has 27 heavy (non-hydrogen) atoms. The topological polar surface area (TPSA) is 138 Å². The minimum absolute atomic E-state index is 0.0424. The number of rotatable bonds is 1. The number of hydrogen-bond acceptors (Lipinski definition) is 6. The van der Waals surface area contributed by atoms with Gasteiger partial charge in [0.05, 0.1) is 11.5 Å². The number of aliphatic hydroxyl groups excluding tert-OH is 2. The predicted molar refractivity (Wildman–Crippen MR) is 102 cm³/mol. The lowest BCUT2D eigenvalue weighted by atomic mass is 9.62. The molecule has 8 heteroatoms. The molecular formula is C19H16INO6. The van der Waals surface area contributed by atoms with Crippen LogP contribution in [0.4, 0.5) is 0 Å². The highest BCUT2D eigenvalue weighted by Gasteiger charge is 2.50. The minimum Gasteiger partial charge on any atom is -0.511 e. The SMILES string of the molecule is NC(=O)C1=C(O)CC2CC3Cc4c(I)ccc(O)c4C(=O)C3=C(O)C2C1=O. The Morgan fingerprint density at radius 3 is 2.52 bits per heavy atom. The first-order chi connectivity index (χ1) is 12.7. The van der Waals surface area contributed by atoms with E-state index in [1.165, 1.54) is 6.07 Å². The molecule has 0 aromatic heterocycles. The lowest BCUT2D eigenvalue weighted by Crippen LogP contribution is -2.43. The van der Waals surface area contributed by atoms with Gasteiger partial charge in [0, 0.05) is 15.6 Å². The van der Waals surface area contributed by atoms with Crippen molar-refractivity contribution in [2.75, 3.05) is 0 Å². The van der Waals surface area contributed by atoms with Gasteiger partial charge in [-0.25, -0.2) is 0 Å². The summed E-state index contributed by atoms with van der Waals surface area (Å²) in [4.78, 5) is 37.3. The van der Waals surface area contributed by atoms with Crippen LogP contribution in [0, 0.1) is 21.3 Å². The van der Waals surface area contributed by atoms with E-state index < -0.39 is 34.9 Å². The first-order valence-corrected chi connectivity index (χ1v) is 9.54. The van der Waals surface area contributed by atoms with Gasteiger partial charge in [-0.2, -0.15) is 0 Å². The third kappa shape index (κ3) is 2.49. The monoisotopic (exact) mass is 481 g/mol. The zero-order valence-electron chi connectivity index (χ0n) is 14.0. The Kier molecular flexibility index (Phi) is 4.06. The summed E-state index contributed by atoms with van der Waals surface area (Å²) in [6.07, 6.45) is 0.890. The third-order valence-corrected chi connectivity index (χ3v) is 6.72. The van der Waals surface area contributed by atoms with Crippen molar-refractivity contribution in [1.29, 1.82) is 0 Å². The largest absolute Gasteiger partial charge is 0.511 e. The molecule has 3 aliphatic carbocycles. The second kappa shape index (κ2) is 6.08. The molecule has 0 aliphatic heterocycles. The number of Topliss-reactive ketones (excluding diaryl/α,β-unsaturated/α-hetero) is 2. The van der Waals surface area contributed by atoms with Gasteiger partial charge in [0.2, 0.25) is 0 Å². The number of halogens is 1. The number of allylic oxidation sites excluding steroid dienone is 3. The fourth-order valence-electron chi connectivity index (χ4n) is 4.60. The van der Waals surface area contributed by atoms with Gasteiger partial charge in [-0.05, 0) is 65.0 Å². The molecular weight excluding hydrogens is 465 g/mol. The van der Waals surface area contributed by atoms with Crippen molar-refractivity contribution in [3.63, 3.8) is 0 Å². The molecule has 0 radical (unpaired) electrons. The summed E-state index contributed by atoms with van der Waals surface area (Å²) in [6, 6.07) is 3.15. The Morgan fingerprint density at radius 1 is 1.15 bits per heavy atom. The molecule has 0 heterocycles. The van der Waals surface area contributed by atoms with E-state index in [4.69, 9.17) is 5.73 Å². The first-order valence-electron chi connectivity index (χ1n) is 8.46. The molecule has 0 bridgehead atoms. The first kappa shape index (κ1) is 18.0. The van der Waals surface area contributed by atoms with E-state index in [0.717, 1.165) is 9.13 Å². The molecule has 4 rings (SSSR count). The summed E-state index contributed by atoms with van der Waals surface area (Å²) in [6.45, 7) is 0. The van der Waals surface area contributed by atoms with Crippen molar-refractivity contribution in [3.8, 4) is 5.75 Å². The van der Waals surface area contributed by atoms with E-state index in [1.54, 1.807) is 6.07 Å². The number of fused-ring (bicyclic) bond motifs is 3. The van der Waals surface area contributed by atoms with Crippen LogP contribution in [-0.2, 0) is 16.0 Å². The van der Waals surface area contributed by atoms with E-state index in [-0.39, 0.29) is 40.7 Å². The quantitative estimate of drug-likeness (QED) is 0.358. The molecule has 1 aromatic carbocycles. The third-order valence-electron chi connectivity index (χ3n) is 5.71. The second-order valence-corrected chi connectivity index (χ2v) is 8.34. The summed E-state index contributed by atoms with van der Waals surface area (Å²) in [7, 11) is 0. The highest BCUT2D eigenvalue weighted by Crippen LogP contribution is 2.49. The van der Waals surface area contributed by atoms with Crippen molar-refractivity contribution >= 4 is 40.1 Å². The maximum Gasteiger partial charge on any atom is 0.255 e. The second-order valence-electron chi connectivity index (χ2n) is 7.18. The lowest BCUT2D eigenvalue weighted by Gasteiger charge is -2.40. The smallest absolute Gasteiger partial charge is 0.255 e. The van der Waals surface area contributed by atoms with Gasteiger partial charge in [0.1, 0.15) is 22.8 Å². The van der Waals surface area contributed by atoms with Gasteiger partial charge in [0.15, 0.2) is 11.6 Å². The van der Waals surface area contributed by atoms with Crippen molar-refractivity contribution in [3.05, 3.63) is 49.5 Å². The molecule has 1 amide bonds. The molecule has 5 N–H and O–H groups in total. The van der Waals surface area contributed by atoms with Gasteiger partial charge >= 0.3 is 0 Å². The standard InChI is InChI=1S/C19H16INO6/c20-9-1-2-10(22)14-8(9)4-6-3-7-5-11(23)15(19(21)27)18(26)13(7)16(24)12(6)17(14)25/h1-2,6-7,13,22-24H,3-5H2,(H2,21,27). The van der Waals surface area contributed by atoms with Gasteiger partial charge in [-0.15, -0.1) is 0 Å². The number of carbonyl (C=O) groups excluding carboxylic acids is 3. The summed E-state index contributed by atoms with van der Waals surface area (Å²) in [5, 5.41) is 31.1. The number of ketones is 2. The fourth-order valence-corrected chi connectivity index (χ4v) is 5.27. The maximum atomic E-state index is 13.0. The predicted octanol–water partition coefficient (Wildman–Crippen LogP) is 2.07. The molecule has 0 fully saturated rings. The van der Waals surface area contributed by atoms with Gasteiger partial charge in [0.25, 0.3) is 5.91 Å². The van der Waals surface area contributed by atoms with Crippen molar-refractivity contribution in [2.24, 2.45) is 23.5 Å². The van der Waals surface area contributed by atoms with Crippen molar-refractivity contribution in [1.82, 2.24) is 0 Å².